The van der Waals surface area contributed by atoms with Crippen molar-refractivity contribution in [2.45, 2.75) is 31.3 Å². The predicted octanol–water partition coefficient (Wildman–Crippen LogP) is 0.151. The number of fused-ring (bicyclic) bond motifs is 1. The van der Waals surface area contributed by atoms with Crippen molar-refractivity contribution in [2.24, 2.45) is 0 Å². The molecule has 9 nitrogen and oxygen atoms in total. The average Bonchev–Trinajstić information content (AvgIpc) is 3.24. The van der Waals surface area contributed by atoms with Crippen LogP contribution in [0.4, 0.5) is 5.69 Å². The lowest BCUT2D eigenvalue weighted by Crippen LogP contribution is -2.49. The van der Waals surface area contributed by atoms with Gasteiger partial charge in [-0.05, 0) is 36.8 Å². The van der Waals surface area contributed by atoms with Crippen LogP contribution in [0, 0.1) is 6.92 Å². The number of carbonyl (C=O) groups is 1. The Morgan fingerprint density at radius 1 is 1.21 bits per heavy atom. The Labute approximate surface area is 165 Å². The Bertz CT molecular complexity index is 1040. The molecule has 2 heterocycles. The Hall–Kier alpha value is -2.98. The molecule has 0 saturated heterocycles. The number of aryl methyl sites for hydroxylation is 1. The molecule has 0 aliphatic rings. The van der Waals surface area contributed by atoms with Crippen LogP contribution in [0.5, 0.6) is 0 Å². The molecule has 154 valence electrons. The molecule has 2 aromatic heterocycles. The summed E-state index contributed by atoms with van der Waals surface area (Å²) < 4.78 is 5.34. The molecule has 0 spiro atoms. The summed E-state index contributed by atoms with van der Waals surface area (Å²) >= 11 is 0. The van der Waals surface area contributed by atoms with Crippen LogP contribution in [-0.4, -0.2) is 62.7 Å². The van der Waals surface area contributed by atoms with Crippen molar-refractivity contribution < 1.29 is 29.6 Å². The molecule has 0 radical (unpaired) electrons. The maximum absolute atomic E-state index is 12.5. The number of hydrogen-bond donors (Lipinski definition) is 6. The zero-order chi connectivity index (χ0) is 21.1. The molecule has 0 saturated carbocycles. The Balaban J connectivity index is 1.93. The molecule has 1 aromatic carbocycles. The minimum Gasteiger partial charge on any atom is -0.464 e. The number of aliphatic hydroxyl groups is 4. The Morgan fingerprint density at radius 2 is 1.97 bits per heavy atom. The predicted molar refractivity (Wildman–Crippen MR) is 106 cm³/mol. The van der Waals surface area contributed by atoms with Crippen LogP contribution in [0.3, 0.4) is 0 Å². The van der Waals surface area contributed by atoms with Crippen LogP contribution in [0.1, 0.15) is 5.56 Å². The standard InChI is InChI=1S/C20H22N2O7/c1-10-12-5-4-11(21-14(8-23)18(26)19(27)15(25)9-24)7-13(12)22-20(28)17(10)16-3-2-6-29-16/h2-8,14-15,18-19,21,24-27H,9H2,1H3,(H,22,28)/t14-,15+,18+,19+/m1/s1. The van der Waals surface area contributed by atoms with E-state index in [0.717, 1.165) is 10.9 Å². The molecule has 0 aliphatic carbocycles. The number of aliphatic hydroxyl groups excluding tert-OH is 4. The van der Waals surface area contributed by atoms with E-state index in [1.165, 1.54) is 6.26 Å². The molecule has 0 fully saturated rings. The zero-order valence-corrected chi connectivity index (χ0v) is 15.6. The summed E-state index contributed by atoms with van der Waals surface area (Å²) in [5.41, 5.74) is 1.71. The minimum absolute atomic E-state index is 0.337. The van der Waals surface area contributed by atoms with E-state index in [4.69, 9.17) is 9.52 Å². The van der Waals surface area contributed by atoms with Crippen LogP contribution in [0.25, 0.3) is 22.2 Å². The van der Waals surface area contributed by atoms with Gasteiger partial charge in [0.25, 0.3) is 5.56 Å². The molecule has 3 aromatic rings. The number of carbonyl (C=O) groups excluding carboxylic acids is 1. The molecule has 0 unspecified atom stereocenters. The molecule has 4 atom stereocenters. The van der Waals surface area contributed by atoms with Crippen LogP contribution in [0.2, 0.25) is 0 Å². The summed E-state index contributed by atoms with van der Waals surface area (Å²) in [4.78, 5) is 26.7. The van der Waals surface area contributed by atoms with E-state index >= 15 is 0 Å². The number of benzene rings is 1. The number of anilines is 1. The van der Waals surface area contributed by atoms with Gasteiger partial charge in [-0.25, -0.2) is 0 Å². The van der Waals surface area contributed by atoms with Crippen molar-refractivity contribution in [2.75, 3.05) is 11.9 Å². The van der Waals surface area contributed by atoms with E-state index in [1.807, 2.05) is 0 Å². The summed E-state index contributed by atoms with van der Waals surface area (Å²) in [6.45, 7) is 1.03. The van der Waals surface area contributed by atoms with Gasteiger partial charge in [-0.15, -0.1) is 0 Å². The molecule has 6 N–H and O–H groups in total. The summed E-state index contributed by atoms with van der Waals surface area (Å²) in [6.07, 6.45) is -3.10. The van der Waals surface area contributed by atoms with Gasteiger partial charge in [0.05, 0.1) is 24.0 Å². The summed E-state index contributed by atoms with van der Waals surface area (Å²) in [6, 6.07) is 7.12. The van der Waals surface area contributed by atoms with Gasteiger partial charge in [0, 0.05) is 11.1 Å². The summed E-state index contributed by atoms with van der Waals surface area (Å²) in [5.74, 6) is 0.452. The quantitative estimate of drug-likeness (QED) is 0.291. The lowest BCUT2D eigenvalue weighted by atomic mass is 10.0. The van der Waals surface area contributed by atoms with Crippen molar-refractivity contribution in [1.82, 2.24) is 4.98 Å². The second-order valence-electron chi connectivity index (χ2n) is 6.73. The lowest BCUT2D eigenvalue weighted by molar-refractivity contribution is -0.117. The Kier molecular flexibility index (Phi) is 6.14. The topological polar surface area (TPSA) is 156 Å². The number of aromatic nitrogens is 1. The molecule has 9 heteroatoms. The number of pyridine rings is 1. The molecule has 0 aliphatic heterocycles. The highest BCUT2D eigenvalue weighted by Crippen LogP contribution is 2.27. The molecule has 0 amide bonds. The fourth-order valence-electron chi connectivity index (χ4n) is 3.21. The van der Waals surface area contributed by atoms with E-state index in [1.54, 1.807) is 37.3 Å². The number of aromatic amines is 1. The van der Waals surface area contributed by atoms with Crippen molar-refractivity contribution in [3.63, 3.8) is 0 Å². The Morgan fingerprint density at radius 3 is 2.59 bits per heavy atom. The van der Waals surface area contributed by atoms with Gasteiger partial charge in [0.2, 0.25) is 0 Å². The van der Waals surface area contributed by atoms with E-state index in [9.17, 15) is 24.9 Å². The first-order chi connectivity index (χ1) is 13.9. The SMILES string of the molecule is Cc1c(-c2ccco2)c(=O)[nH]c2cc(N[C@H](C=O)[C@H](O)[C@@H](O)[C@@H](O)CO)ccc12. The van der Waals surface area contributed by atoms with Crippen molar-refractivity contribution in [3.8, 4) is 11.3 Å². The van der Waals surface area contributed by atoms with Crippen molar-refractivity contribution >= 4 is 22.9 Å². The number of nitrogens with one attached hydrogen (secondary N) is 2. The van der Waals surface area contributed by atoms with Gasteiger partial charge in [-0.1, -0.05) is 6.07 Å². The van der Waals surface area contributed by atoms with Gasteiger partial charge < -0.3 is 39.9 Å². The van der Waals surface area contributed by atoms with Gasteiger partial charge in [0.1, 0.15) is 36.4 Å². The van der Waals surface area contributed by atoms with Gasteiger partial charge in [-0.2, -0.15) is 0 Å². The second-order valence-corrected chi connectivity index (χ2v) is 6.73. The largest absolute Gasteiger partial charge is 0.464 e. The first-order valence-corrected chi connectivity index (χ1v) is 8.94. The monoisotopic (exact) mass is 402 g/mol. The summed E-state index contributed by atoms with van der Waals surface area (Å²) in [7, 11) is 0. The maximum Gasteiger partial charge on any atom is 0.259 e. The third kappa shape index (κ3) is 4.08. The highest BCUT2D eigenvalue weighted by Gasteiger charge is 2.31. The van der Waals surface area contributed by atoms with Gasteiger partial charge >= 0.3 is 0 Å². The van der Waals surface area contributed by atoms with Crippen LogP contribution >= 0.6 is 0 Å². The third-order valence-electron chi connectivity index (χ3n) is 4.82. The highest BCUT2D eigenvalue weighted by molar-refractivity contribution is 5.89. The number of hydrogen-bond acceptors (Lipinski definition) is 8. The van der Waals surface area contributed by atoms with Crippen LogP contribution in [0.15, 0.2) is 45.8 Å². The van der Waals surface area contributed by atoms with E-state index in [0.29, 0.717) is 28.8 Å². The van der Waals surface area contributed by atoms with Gasteiger partial charge in [-0.3, -0.25) is 4.79 Å². The van der Waals surface area contributed by atoms with Crippen molar-refractivity contribution in [3.05, 3.63) is 52.5 Å². The van der Waals surface area contributed by atoms with E-state index in [2.05, 4.69) is 10.3 Å². The second kappa shape index (κ2) is 8.58. The van der Waals surface area contributed by atoms with Crippen LogP contribution < -0.4 is 10.9 Å². The number of rotatable bonds is 8. The summed E-state index contributed by atoms with van der Waals surface area (Å²) in [5, 5.41) is 41.8. The normalized spacial score (nSPS) is 15.6. The lowest BCUT2D eigenvalue weighted by Gasteiger charge is -2.27. The smallest absolute Gasteiger partial charge is 0.259 e. The van der Waals surface area contributed by atoms with Crippen molar-refractivity contribution in [1.29, 1.82) is 0 Å². The molecular weight excluding hydrogens is 380 g/mol. The molecule has 29 heavy (non-hydrogen) atoms. The minimum atomic E-state index is -1.72. The number of furan rings is 1. The maximum atomic E-state index is 12.5. The van der Waals surface area contributed by atoms with E-state index < -0.39 is 31.0 Å². The average molecular weight is 402 g/mol. The van der Waals surface area contributed by atoms with E-state index in [-0.39, 0.29) is 5.56 Å². The first-order valence-electron chi connectivity index (χ1n) is 8.94. The number of aldehydes is 1. The third-order valence-corrected chi connectivity index (χ3v) is 4.82. The molecular formula is C20H22N2O7. The number of H-pyrrole nitrogens is 1. The fourth-order valence-corrected chi connectivity index (χ4v) is 3.21. The first kappa shape index (κ1) is 20.7. The molecule has 0 bridgehead atoms. The highest BCUT2D eigenvalue weighted by atomic mass is 16.4. The zero-order valence-electron chi connectivity index (χ0n) is 15.6. The molecule has 3 rings (SSSR count). The fraction of sp³-hybridized carbons (Fsp3) is 0.300. The van der Waals surface area contributed by atoms with Gasteiger partial charge in [0.15, 0.2) is 0 Å². The van der Waals surface area contributed by atoms with Crippen LogP contribution in [-0.2, 0) is 4.79 Å².